The van der Waals surface area contributed by atoms with Crippen molar-refractivity contribution in [3.8, 4) is 0 Å². The van der Waals surface area contributed by atoms with E-state index in [4.69, 9.17) is 90.0 Å². The Labute approximate surface area is 711 Å². The van der Waals surface area contributed by atoms with Crippen molar-refractivity contribution in [2.75, 3.05) is 66.1 Å². The molecule has 10 aliphatic heterocycles. The predicted molar refractivity (Wildman–Crippen MR) is 382 cm³/mol. The quantitative estimate of drug-likeness (QED) is 0.0284. The van der Waals surface area contributed by atoms with Crippen LogP contribution in [0.4, 0.5) is 0 Å². The van der Waals surface area contributed by atoms with Gasteiger partial charge in [0.05, 0.1) is 72.2 Å². The molecule has 0 aliphatic carbocycles. The Morgan fingerprint density at radius 2 is 0.643 bits per heavy atom. The zero-order valence-corrected chi connectivity index (χ0v) is 66.9. The summed E-state index contributed by atoms with van der Waals surface area (Å²) < 4.78 is 111. The number of carbonyl (C=O) groups excluding carboxylic acids is 3. The third kappa shape index (κ3) is 22.6. The fourth-order valence-electron chi connectivity index (χ4n) is 16.0. The van der Waals surface area contributed by atoms with E-state index in [2.05, 4.69) is 16.0 Å². The molecule has 51 atom stereocenters. The minimum Gasteiger partial charge on any atom is -0.477 e. The van der Waals surface area contributed by atoms with Crippen LogP contribution in [0.3, 0.4) is 0 Å². The number of carboxylic acid groups (broad SMARTS) is 1. The molecule has 0 aromatic rings. The second-order valence-corrected chi connectivity index (χ2v) is 31.7. The first-order chi connectivity index (χ1) is 59.4. The maximum absolute atomic E-state index is 13.2. The second-order valence-electron chi connectivity index (χ2n) is 31.7. The molecule has 0 radical (unpaired) electrons. The highest BCUT2D eigenvalue weighted by Gasteiger charge is 2.63. The Balaban J connectivity index is 0.961. The molecule has 57 nitrogen and oxygen atoms in total. The molecule has 57 heteroatoms. The lowest BCUT2D eigenvalue weighted by Gasteiger charge is -2.51. The third-order valence-corrected chi connectivity index (χ3v) is 23.0. The van der Waals surface area contributed by atoms with Crippen LogP contribution in [-0.4, -0.2) is 561 Å². The van der Waals surface area contributed by atoms with Crippen LogP contribution in [-0.2, 0) is 109 Å². The highest BCUT2D eigenvalue weighted by atomic mass is 16.8. The summed E-state index contributed by atoms with van der Waals surface area (Å²) in [7, 11) is 0. The molecule has 10 aliphatic rings. The summed E-state index contributed by atoms with van der Waals surface area (Å²) in [5, 5.41) is 349. The molecule has 10 rings (SSSR count). The number of aliphatic hydroxyl groups excluding tert-OH is 30. The molecule has 34 N–H and O–H groups in total. The van der Waals surface area contributed by atoms with Crippen LogP contribution >= 0.6 is 0 Å². The standard InChI is InChI=1S/C69H115N3O54/c1-15(80)70-29-40(93)52(23(9-77)111-59(29)105)120-60-30(71-16(2)81)41(94)54(25(11-79)115-60)122-66-51(104)56(39(92)27(118-66)13-109-63-50(103)55(123-64-48(101)44(97)35(88)21(7-75)113-64)38(91)26(117-63)12-108-62-47(100)43(96)34(87)20(6-74)112-62)124-67-58(46(99)36(89)22(8-76)114-67)125-61-31(72-17(3)82)42(95)53(24(10-78)116-61)121-65-49(102)45(98)37(90)28(119-65)14-110-69(68(106)107)4-18(83)32(85)57(126-69)33(86)19(84)5-73/h18-67,73-79,83-105H,4-14H2,1-3H3,(H,70,80)(H,71,81)(H,72,82)(H,106,107)/t18-,19+,20+,21+,22+,23+,24+,25+,26+,27+,28+,29+,30+,31+,32+,33+,34+,35+,36+,37-,38+,39+,40+,41+,42+,43-,44-,45-,46-,47-,48-,49+,50-,51-,52+,53+,54+,55-,56-,57+,58-,59+,60-,61-,62-,63-,64+,65-,66-,67+,69+/m0/s1. The molecular formula is C69H115N3O54. The van der Waals surface area contributed by atoms with E-state index in [1.54, 1.807) is 0 Å². The summed E-state index contributed by atoms with van der Waals surface area (Å²) in [6.45, 7) is -8.80. The zero-order chi connectivity index (χ0) is 93.0. The highest BCUT2D eigenvalue weighted by Crippen LogP contribution is 2.41. The average Bonchev–Trinajstić information content (AvgIpc) is 0.766. The lowest BCUT2D eigenvalue weighted by atomic mass is 9.90. The van der Waals surface area contributed by atoms with E-state index in [0.29, 0.717) is 0 Å². The predicted octanol–water partition coefficient (Wildman–Crippen LogP) is -23.2. The largest absolute Gasteiger partial charge is 0.477 e. The monoisotopic (exact) mass is 1850 g/mol. The van der Waals surface area contributed by atoms with Crippen molar-refractivity contribution >= 4 is 23.7 Å². The molecular weight excluding hydrogens is 1730 g/mol. The van der Waals surface area contributed by atoms with Crippen molar-refractivity contribution in [3.05, 3.63) is 0 Å². The number of aliphatic hydroxyl groups is 30. The number of amides is 3. The maximum atomic E-state index is 13.2. The summed E-state index contributed by atoms with van der Waals surface area (Å²) in [4.78, 5) is 51.2. The van der Waals surface area contributed by atoms with E-state index in [1.807, 2.05) is 0 Å². The van der Waals surface area contributed by atoms with Gasteiger partial charge in [0.15, 0.2) is 56.6 Å². The van der Waals surface area contributed by atoms with Gasteiger partial charge < -0.3 is 264 Å². The maximum Gasteiger partial charge on any atom is 0.364 e. The van der Waals surface area contributed by atoms with Gasteiger partial charge in [-0.25, -0.2) is 4.79 Å². The Morgan fingerprint density at radius 1 is 0.325 bits per heavy atom. The van der Waals surface area contributed by atoms with E-state index in [-0.39, 0.29) is 0 Å². The molecule has 3 amide bonds. The molecule has 0 bridgehead atoms. The summed E-state index contributed by atoms with van der Waals surface area (Å²) in [5.41, 5.74) is 0. The van der Waals surface area contributed by atoms with Gasteiger partial charge in [0.25, 0.3) is 5.79 Å². The third-order valence-electron chi connectivity index (χ3n) is 23.0. The number of rotatable bonds is 34. The molecule has 0 saturated carbocycles. The van der Waals surface area contributed by atoms with Crippen LogP contribution in [0.15, 0.2) is 0 Å². The van der Waals surface area contributed by atoms with Gasteiger partial charge in [-0.15, -0.1) is 0 Å². The van der Waals surface area contributed by atoms with Crippen LogP contribution in [0.2, 0.25) is 0 Å². The fourth-order valence-corrected chi connectivity index (χ4v) is 16.0. The minimum absolute atomic E-state index is 0.813. The van der Waals surface area contributed by atoms with Gasteiger partial charge in [0, 0.05) is 27.2 Å². The van der Waals surface area contributed by atoms with Gasteiger partial charge in [-0.1, -0.05) is 0 Å². The van der Waals surface area contributed by atoms with Gasteiger partial charge >= 0.3 is 5.97 Å². The highest BCUT2D eigenvalue weighted by molar-refractivity contribution is 5.76. The first kappa shape index (κ1) is 104. The number of carboxylic acids is 1. The number of hydrogen-bond acceptors (Lipinski definition) is 53. The van der Waals surface area contributed by atoms with Crippen molar-refractivity contribution in [3.63, 3.8) is 0 Å². The minimum atomic E-state index is -3.10. The molecule has 0 aromatic heterocycles. The van der Waals surface area contributed by atoms with Crippen LogP contribution in [0.5, 0.6) is 0 Å². The number of aliphatic carboxylic acids is 1. The van der Waals surface area contributed by atoms with Crippen molar-refractivity contribution in [2.24, 2.45) is 0 Å². The summed E-state index contributed by atoms with van der Waals surface area (Å²) in [5.74, 6) is -8.02. The van der Waals surface area contributed by atoms with Crippen LogP contribution in [0, 0.1) is 0 Å². The van der Waals surface area contributed by atoms with Gasteiger partial charge in [-0.3, -0.25) is 14.4 Å². The molecule has 730 valence electrons. The number of hydrogen-bond donors (Lipinski definition) is 34. The first-order valence-corrected chi connectivity index (χ1v) is 39.8. The molecule has 10 heterocycles. The van der Waals surface area contributed by atoms with Gasteiger partial charge in [-0.05, 0) is 0 Å². The summed E-state index contributed by atoms with van der Waals surface area (Å²) in [6, 6.07) is -5.79. The first-order valence-electron chi connectivity index (χ1n) is 39.8. The molecule has 10 fully saturated rings. The van der Waals surface area contributed by atoms with Gasteiger partial charge in [0.2, 0.25) is 17.7 Å². The van der Waals surface area contributed by atoms with Crippen molar-refractivity contribution in [1.29, 1.82) is 0 Å². The smallest absolute Gasteiger partial charge is 0.364 e. The average molecular weight is 1850 g/mol. The van der Waals surface area contributed by atoms with E-state index in [9.17, 15) is 177 Å². The van der Waals surface area contributed by atoms with E-state index in [0.717, 1.165) is 20.8 Å². The normalized spacial score (nSPS) is 49.1. The lowest BCUT2D eigenvalue weighted by molar-refractivity contribution is -0.399. The Morgan fingerprint density at radius 3 is 1.08 bits per heavy atom. The second kappa shape index (κ2) is 44.8. The van der Waals surface area contributed by atoms with Crippen molar-refractivity contribution in [1.82, 2.24) is 16.0 Å². The molecule has 0 unspecified atom stereocenters. The molecule has 0 spiro atoms. The molecule has 0 aromatic carbocycles. The van der Waals surface area contributed by atoms with E-state index < -0.39 is 409 Å². The summed E-state index contributed by atoms with van der Waals surface area (Å²) >= 11 is 0. The Hall–Kier alpha value is -4.08. The number of nitrogens with one attached hydrogen (secondary N) is 3. The van der Waals surface area contributed by atoms with Crippen LogP contribution in [0.1, 0.15) is 27.2 Å². The van der Waals surface area contributed by atoms with Crippen LogP contribution < -0.4 is 16.0 Å². The zero-order valence-electron chi connectivity index (χ0n) is 66.9. The number of ether oxygens (including phenoxy) is 19. The van der Waals surface area contributed by atoms with Crippen molar-refractivity contribution in [2.45, 2.75) is 340 Å². The fraction of sp³-hybridized carbons (Fsp3) is 0.942. The SMILES string of the molecule is CC(=O)N[C@@H]1[C@@H](O)[C@H](O[C@@H]2O[C@H](CO)[C@@H](O[C@@H]3O[C@H](CO[C@H]4O[C@H](CO[C@H]5O[C@H](CO)[C@@H](O)[C@H](O)[C@@H]5O)[C@@H](O)[C@H](O[C@H]5O[C@H](CO)[C@@H](O)[C@H](O)[C@@H]5O)[C@@H]4O)[C@@H](O)[C@H](O[C@H]4O[C@H](CO)[C@@H](O)[C@H](O)[C@@H]4O[C@@H]4O[C@H](CO)[C@@H](O[C@@H]5O[C@H](CO[C@]6(C(=O)O)C[C@H](O)[C@@H](O)[C@H]([C@H](O)[C@H](O)CO)O6)[C@H](O)[C@H](O)[C@H]5O)[C@H](O)[C@H]4NC(C)=O)[C@@H]3O)[C@H](O)[C@H]2NC(C)=O)[C@@H](CO)O[C@H]1O. The molecule has 10 saturated heterocycles. The Bertz CT molecular complexity index is 3420. The topological polar surface area (TPSA) is 907 Å². The van der Waals surface area contributed by atoms with Crippen molar-refractivity contribution < 1.29 is 267 Å². The lowest BCUT2D eigenvalue weighted by Crippen LogP contribution is -2.71. The Kier molecular flexibility index (Phi) is 37.0. The summed E-state index contributed by atoms with van der Waals surface area (Å²) in [6.07, 6.45) is -104. The molecule has 126 heavy (non-hydrogen) atoms. The number of carbonyl (C=O) groups is 4. The van der Waals surface area contributed by atoms with Gasteiger partial charge in [0.1, 0.15) is 244 Å². The van der Waals surface area contributed by atoms with Gasteiger partial charge in [-0.2, -0.15) is 0 Å². The van der Waals surface area contributed by atoms with Crippen LogP contribution in [0.25, 0.3) is 0 Å². The van der Waals surface area contributed by atoms with E-state index >= 15 is 0 Å². The van der Waals surface area contributed by atoms with E-state index in [1.165, 1.54) is 0 Å².